The molecule has 2 rings (SSSR count). The highest BCUT2D eigenvalue weighted by atomic mass is 32.1. The third-order valence-electron chi connectivity index (χ3n) is 2.55. The van der Waals surface area contributed by atoms with Crippen molar-refractivity contribution in [2.24, 2.45) is 5.10 Å². The van der Waals surface area contributed by atoms with Gasteiger partial charge >= 0.3 is 0 Å². The molecule has 0 saturated heterocycles. The smallest absolute Gasteiger partial charge is 0.216 e. The summed E-state index contributed by atoms with van der Waals surface area (Å²) in [6.45, 7) is 3.83. The lowest BCUT2D eigenvalue weighted by molar-refractivity contribution is 0.627. The number of hydrogen-bond donors (Lipinski definition) is 1. The first-order valence-electron chi connectivity index (χ1n) is 5.59. The van der Waals surface area contributed by atoms with E-state index in [9.17, 15) is 4.39 Å². The number of hydrogen-bond acceptors (Lipinski definition) is 3. The number of aromatic amines is 1. The van der Waals surface area contributed by atoms with Crippen LogP contribution in [-0.4, -0.2) is 20.6 Å². The number of nitrogens with one attached hydrogen (secondary N) is 1. The predicted molar refractivity (Wildman–Crippen MR) is 70.8 cm³/mol. The van der Waals surface area contributed by atoms with Crippen molar-refractivity contribution in [2.75, 3.05) is 0 Å². The zero-order valence-corrected chi connectivity index (χ0v) is 11.0. The molecule has 0 saturated carbocycles. The number of nitrogens with zero attached hydrogens (tertiary/aromatic N) is 3. The van der Waals surface area contributed by atoms with E-state index in [1.165, 1.54) is 12.1 Å². The first-order valence-corrected chi connectivity index (χ1v) is 6.00. The van der Waals surface area contributed by atoms with Gasteiger partial charge in [0.05, 0.1) is 5.71 Å². The Morgan fingerprint density at radius 1 is 1.44 bits per heavy atom. The van der Waals surface area contributed by atoms with Crippen LogP contribution < -0.4 is 0 Å². The van der Waals surface area contributed by atoms with Gasteiger partial charge in [-0.1, -0.05) is 19.1 Å². The number of aryl methyl sites for hydroxylation is 1. The van der Waals surface area contributed by atoms with Gasteiger partial charge in [-0.05, 0) is 36.8 Å². The van der Waals surface area contributed by atoms with Gasteiger partial charge in [0.15, 0.2) is 5.82 Å². The Labute approximate surface area is 109 Å². The normalized spacial score (nSPS) is 11.8. The van der Waals surface area contributed by atoms with Crippen LogP contribution in [0, 0.1) is 10.6 Å². The van der Waals surface area contributed by atoms with E-state index in [1.54, 1.807) is 16.8 Å². The Morgan fingerprint density at radius 2 is 2.11 bits per heavy atom. The molecule has 1 N–H and O–H groups in total. The molecule has 0 spiro atoms. The lowest BCUT2D eigenvalue weighted by Crippen LogP contribution is -2.03. The van der Waals surface area contributed by atoms with E-state index in [0.29, 0.717) is 4.77 Å². The summed E-state index contributed by atoms with van der Waals surface area (Å²) in [5, 5.41) is 11.2. The highest BCUT2D eigenvalue weighted by molar-refractivity contribution is 7.71. The molecule has 18 heavy (non-hydrogen) atoms. The van der Waals surface area contributed by atoms with Crippen LogP contribution in [0.5, 0.6) is 0 Å². The maximum absolute atomic E-state index is 12.8. The summed E-state index contributed by atoms with van der Waals surface area (Å²) in [6, 6.07) is 6.18. The molecule has 0 fully saturated rings. The fourth-order valence-corrected chi connectivity index (χ4v) is 1.75. The molecule has 0 radical (unpaired) electrons. The van der Waals surface area contributed by atoms with E-state index in [1.807, 2.05) is 13.8 Å². The Morgan fingerprint density at radius 3 is 2.72 bits per heavy atom. The maximum Gasteiger partial charge on any atom is 0.216 e. The third-order valence-corrected chi connectivity index (χ3v) is 2.81. The van der Waals surface area contributed by atoms with Crippen LogP contribution in [0.2, 0.25) is 0 Å². The van der Waals surface area contributed by atoms with E-state index in [-0.39, 0.29) is 5.82 Å². The minimum Gasteiger partial charge on any atom is -0.250 e. The highest BCUT2D eigenvalue weighted by Crippen LogP contribution is 2.06. The van der Waals surface area contributed by atoms with Crippen molar-refractivity contribution in [2.45, 2.75) is 20.3 Å². The summed E-state index contributed by atoms with van der Waals surface area (Å²) < 4.78 is 14.9. The zero-order chi connectivity index (χ0) is 13.1. The SMILES string of the molecule is CCc1n[nH]c(=S)n1N=C(C)c1ccc(F)cc1. The Balaban J connectivity index is 2.41. The molecule has 0 unspecified atom stereocenters. The molecule has 0 aliphatic heterocycles. The van der Waals surface area contributed by atoms with Crippen LogP contribution in [-0.2, 0) is 6.42 Å². The largest absolute Gasteiger partial charge is 0.250 e. The minimum atomic E-state index is -0.263. The van der Waals surface area contributed by atoms with Crippen LogP contribution in [0.15, 0.2) is 29.4 Å². The van der Waals surface area contributed by atoms with Gasteiger partial charge in [0, 0.05) is 6.42 Å². The molecule has 0 aliphatic rings. The third kappa shape index (κ3) is 2.53. The van der Waals surface area contributed by atoms with Crippen LogP contribution in [0.3, 0.4) is 0 Å². The molecule has 94 valence electrons. The molecule has 1 aromatic carbocycles. The van der Waals surface area contributed by atoms with Gasteiger partial charge in [0.25, 0.3) is 0 Å². The van der Waals surface area contributed by atoms with Crippen LogP contribution in [0.1, 0.15) is 25.2 Å². The summed E-state index contributed by atoms with van der Waals surface area (Å²) in [4.78, 5) is 0. The van der Waals surface area contributed by atoms with Crippen LogP contribution in [0.4, 0.5) is 4.39 Å². The molecule has 1 aromatic heterocycles. The minimum absolute atomic E-state index is 0.263. The van der Waals surface area contributed by atoms with Gasteiger partial charge in [-0.25, -0.2) is 4.39 Å². The number of H-pyrrole nitrogens is 1. The quantitative estimate of drug-likeness (QED) is 0.684. The van der Waals surface area contributed by atoms with Gasteiger partial charge in [-0.2, -0.15) is 14.9 Å². The van der Waals surface area contributed by atoms with E-state index >= 15 is 0 Å². The predicted octanol–water partition coefficient (Wildman–Crippen LogP) is 2.91. The molecule has 4 nitrogen and oxygen atoms in total. The van der Waals surface area contributed by atoms with Gasteiger partial charge in [0.2, 0.25) is 4.77 Å². The number of halogens is 1. The molecule has 0 aliphatic carbocycles. The highest BCUT2D eigenvalue weighted by Gasteiger charge is 2.04. The van der Waals surface area contributed by atoms with Gasteiger partial charge in [0.1, 0.15) is 5.82 Å². The van der Waals surface area contributed by atoms with Crippen LogP contribution >= 0.6 is 12.2 Å². The summed E-state index contributed by atoms with van der Waals surface area (Å²) in [6.07, 6.45) is 0.730. The second-order valence-corrected chi connectivity index (χ2v) is 4.19. The van der Waals surface area contributed by atoms with Crippen molar-refractivity contribution in [3.8, 4) is 0 Å². The van der Waals surface area contributed by atoms with E-state index in [4.69, 9.17) is 12.2 Å². The average Bonchev–Trinajstić information content (AvgIpc) is 2.71. The van der Waals surface area contributed by atoms with Gasteiger partial charge in [-0.15, -0.1) is 0 Å². The number of aromatic nitrogens is 3. The Bertz CT molecular complexity index is 624. The summed E-state index contributed by atoms with van der Waals surface area (Å²) in [5.74, 6) is 0.502. The van der Waals surface area contributed by atoms with Gasteiger partial charge in [-0.3, -0.25) is 5.10 Å². The average molecular weight is 264 g/mol. The lowest BCUT2D eigenvalue weighted by atomic mass is 10.1. The van der Waals surface area contributed by atoms with Crippen LogP contribution in [0.25, 0.3) is 0 Å². The monoisotopic (exact) mass is 264 g/mol. The zero-order valence-electron chi connectivity index (χ0n) is 10.1. The topological polar surface area (TPSA) is 46.0 Å². The molecular weight excluding hydrogens is 251 g/mol. The van der Waals surface area contributed by atoms with Crippen molar-refractivity contribution in [3.63, 3.8) is 0 Å². The first kappa shape index (κ1) is 12.6. The second-order valence-electron chi connectivity index (χ2n) is 3.80. The molecule has 6 heteroatoms. The molecule has 1 heterocycles. The molecule has 0 amide bonds. The summed E-state index contributed by atoms with van der Waals surface area (Å²) in [5.41, 5.74) is 1.60. The Hall–Kier alpha value is -1.82. The standard InChI is InChI=1S/C12H13FN4S/c1-3-11-14-15-12(18)17(11)16-8(2)9-4-6-10(13)7-5-9/h4-7H,3H2,1-2H3,(H,15,18). The summed E-state index contributed by atoms with van der Waals surface area (Å²) in [7, 11) is 0. The molecule has 0 atom stereocenters. The first-order chi connectivity index (χ1) is 8.61. The molecule has 2 aromatic rings. The fourth-order valence-electron chi connectivity index (χ4n) is 1.56. The van der Waals surface area contributed by atoms with E-state index in [0.717, 1.165) is 23.5 Å². The van der Waals surface area contributed by atoms with Crippen molar-refractivity contribution < 1.29 is 4.39 Å². The van der Waals surface area contributed by atoms with Crippen molar-refractivity contribution in [1.29, 1.82) is 0 Å². The van der Waals surface area contributed by atoms with E-state index in [2.05, 4.69) is 15.3 Å². The molecular formula is C12H13FN4S. The number of benzene rings is 1. The Kier molecular flexibility index (Phi) is 3.66. The fraction of sp³-hybridized carbons (Fsp3) is 0.250. The van der Waals surface area contributed by atoms with Crippen molar-refractivity contribution in [1.82, 2.24) is 14.9 Å². The van der Waals surface area contributed by atoms with Crippen molar-refractivity contribution in [3.05, 3.63) is 46.2 Å². The second kappa shape index (κ2) is 5.22. The molecule has 0 bridgehead atoms. The van der Waals surface area contributed by atoms with E-state index < -0.39 is 0 Å². The van der Waals surface area contributed by atoms with Crippen molar-refractivity contribution >= 4 is 17.9 Å². The van der Waals surface area contributed by atoms with Gasteiger partial charge < -0.3 is 0 Å². The maximum atomic E-state index is 12.8. The summed E-state index contributed by atoms with van der Waals surface area (Å²) >= 11 is 5.11. The number of rotatable bonds is 3. The lowest BCUT2D eigenvalue weighted by Gasteiger charge is -2.02.